The van der Waals surface area contributed by atoms with E-state index in [2.05, 4.69) is 31.2 Å². The van der Waals surface area contributed by atoms with Crippen LogP contribution in [0.2, 0.25) is 0 Å². The van der Waals surface area contributed by atoms with Gasteiger partial charge < -0.3 is 21.3 Å². The Kier molecular flexibility index (Phi) is 7.80. The number of rotatable bonds is 6. The Bertz CT molecular complexity index is 1870. The molecule has 10 nitrogen and oxygen atoms in total. The van der Waals surface area contributed by atoms with Crippen LogP contribution in [0.5, 0.6) is 0 Å². The minimum atomic E-state index is -4.58. The highest BCUT2D eigenvalue weighted by molar-refractivity contribution is 6.05. The van der Waals surface area contributed by atoms with Gasteiger partial charge in [-0.1, -0.05) is 18.2 Å². The first-order valence-corrected chi connectivity index (χ1v) is 12.9. The summed E-state index contributed by atoms with van der Waals surface area (Å²) >= 11 is 0. The number of amides is 3. The normalized spacial score (nSPS) is 11.2. The molecule has 0 atom stereocenters. The average Bonchev–Trinajstić information content (AvgIpc) is 3.40. The van der Waals surface area contributed by atoms with E-state index < -0.39 is 23.7 Å². The Morgan fingerprint density at radius 2 is 1.56 bits per heavy atom. The van der Waals surface area contributed by atoms with E-state index in [4.69, 9.17) is 0 Å². The molecular weight excluding hydrogens is 563 g/mol. The van der Waals surface area contributed by atoms with Gasteiger partial charge in [-0.2, -0.15) is 13.2 Å². The van der Waals surface area contributed by atoms with Gasteiger partial charge in [0.25, 0.3) is 5.91 Å². The first-order valence-electron chi connectivity index (χ1n) is 12.9. The lowest BCUT2D eigenvalue weighted by atomic mass is 10.1. The zero-order valence-electron chi connectivity index (χ0n) is 22.8. The highest BCUT2D eigenvalue weighted by Crippen LogP contribution is 2.30. The lowest BCUT2D eigenvalue weighted by Gasteiger charge is -2.13. The lowest BCUT2D eigenvalue weighted by Crippen LogP contribution is -2.20. The van der Waals surface area contributed by atoms with Crippen LogP contribution in [0, 0.1) is 6.92 Å². The molecule has 5 aromatic rings. The third-order valence-corrected chi connectivity index (χ3v) is 6.33. The van der Waals surface area contributed by atoms with Crippen molar-refractivity contribution in [3.63, 3.8) is 0 Å². The predicted molar refractivity (Wildman–Crippen MR) is 157 cm³/mol. The molecule has 0 spiro atoms. The van der Waals surface area contributed by atoms with Crippen molar-refractivity contribution in [3.8, 4) is 0 Å². The Hall–Kier alpha value is -5.72. The van der Waals surface area contributed by atoms with Gasteiger partial charge in [-0.15, -0.1) is 0 Å². The van der Waals surface area contributed by atoms with Crippen molar-refractivity contribution in [1.82, 2.24) is 14.5 Å². The number of nitrogens with zero attached hydrogens (tertiary/aromatic N) is 3. The van der Waals surface area contributed by atoms with Crippen molar-refractivity contribution >= 4 is 57.4 Å². The van der Waals surface area contributed by atoms with Gasteiger partial charge >= 0.3 is 12.2 Å². The lowest BCUT2D eigenvalue weighted by molar-refractivity contribution is -0.137. The number of carbonyl (C=O) groups is 3. The van der Waals surface area contributed by atoms with Crippen LogP contribution in [0.1, 0.15) is 28.4 Å². The predicted octanol–water partition coefficient (Wildman–Crippen LogP) is 6.79. The number of anilines is 5. The molecule has 2 aromatic heterocycles. The number of nitrogens with one attached hydrogen (secondary N) is 4. The molecule has 5 rings (SSSR count). The Morgan fingerprint density at radius 1 is 0.814 bits per heavy atom. The number of hydrogen-bond donors (Lipinski definition) is 4. The largest absolute Gasteiger partial charge is 0.416 e. The van der Waals surface area contributed by atoms with Crippen molar-refractivity contribution in [1.29, 1.82) is 0 Å². The van der Waals surface area contributed by atoms with Gasteiger partial charge in [0.2, 0.25) is 5.91 Å². The van der Waals surface area contributed by atoms with Crippen molar-refractivity contribution in [2.24, 2.45) is 0 Å². The molecule has 4 N–H and O–H groups in total. The second kappa shape index (κ2) is 11.6. The van der Waals surface area contributed by atoms with E-state index in [1.165, 1.54) is 36.1 Å². The molecule has 2 heterocycles. The van der Waals surface area contributed by atoms with Gasteiger partial charge in [-0.25, -0.2) is 14.8 Å². The maximum atomic E-state index is 13.3. The minimum absolute atomic E-state index is 0.161. The van der Waals surface area contributed by atoms with E-state index in [-0.39, 0.29) is 17.2 Å². The number of aromatic nitrogens is 3. The van der Waals surface area contributed by atoms with Gasteiger partial charge in [-0.05, 0) is 67.1 Å². The molecule has 0 saturated heterocycles. The third-order valence-electron chi connectivity index (χ3n) is 6.33. The number of benzene rings is 3. The molecule has 0 saturated carbocycles. The molecule has 0 fully saturated rings. The summed E-state index contributed by atoms with van der Waals surface area (Å²) < 4.78 is 40.5. The molecule has 13 heteroatoms. The van der Waals surface area contributed by atoms with Crippen LogP contribution in [0.3, 0.4) is 0 Å². The third kappa shape index (κ3) is 6.62. The summed E-state index contributed by atoms with van der Waals surface area (Å²) in [6, 6.07) is 17.0. The zero-order valence-corrected chi connectivity index (χ0v) is 22.8. The minimum Gasteiger partial charge on any atom is -0.340 e. The summed E-state index contributed by atoms with van der Waals surface area (Å²) in [5.74, 6) is -0.501. The van der Waals surface area contributed by atoms with Crippen LogP contribution in [-0.2, 0) is 11.0 Å². The number of alkyl halides is 3. The molecule has 3 amide bonds. The second-order valence-corrected chi connectivity index (χ2v) is 9.52. The van der Waals surface area contributed by atoms with Crippen LogP contribution < -0.4 is 21.3 Å². The summed E-state index contributed by atoms with van der Waals surface area (Å²) in [5, 5.41) is 11.8. The van der Waals surface area contributed by atoms with E-state index in [0.29, 0.717) is 39.5 Å². The van der Waals surface area contributed by atoms with Gasteiger partial charge in [0.15, 0.2) is 5.65 Å². The summed E-state index contributed by atoms with van der Waals surface area (Å²) in [6.45, 7) is 3.16. The van der Waals surface area contributed by atoms with Gasteiger partial charge in [0.1, 0.15) is 12.1 Å². The highest BCUT2D eigenvalue weighted by Gasteiger charge is 2.31. The number of halogens is 3. The van der Waals surface area contributed by atoms with Gasteiger partial charge in [0, 0.05) is 41.4 Å². The fraction of sp³-hybridized carbons (Fsp3) is 0.100. The van der Waals surface area contributed by atoms with E-state index in [1.807, 2.05) is 0 Å². The average molecular weight is 588 g/mol. The standard InChI is InChI=1S/C30H24F3N7O3/c1-17-9-10-23(38-28(42)19-5-3-6-20(13-19)30(31,32)33)15-25(17)39-29(43)40-12-11-24-26(34-16-35-27(24)40)37-22-8-4-7-21(14-22)36-18(2)41/h3-16H,1-2H3,(H,36,41)(H,38,42)(H,39,43)(H,34,35,37). The quantitative estimate of drug-likeness (QED) is 0.173. The van der Waals surface area contributed by atoms with Crippen LogP contribution in [0.15, 0.2) is 85.3 Å². The van der Waals surface area contributed by atoms with Crippen molar-refractivity contribution in [2.75, 3.05) is 21.3 Å². The molecule has 0 aliphatic heterocycles. The first kappa shape index (κ1) is 28.8. The van der Waals surface area contributed by atoms with E-state index in [0.717, 1.165) is 18.2 Å². The zero-order chi connectivity index (χ0) is 30.7. The maximum Gasteiger partial charge on any atom is 0.416 e. The molecule has 0 radical (unpaired) electrons. The topological polar surface area (TPSA) is 130 Å². The molecule has 0 aliphatic rings. The summed E-state index contributed by atoms with van der Waals surface area (Å²) in [6.07, 6.45) is -1.75. The first-order chi connectivity index (χ1) is 20.5. The van der Waals surface area contributed by atoms with Crippen molar-refractivity contribution in [3.05, 3.63) is 102 Å². The molecular formula is C30H24F3N7O3. The molecule has 43 heavy (non-hydrogen) atoms. The molecule has 0 bridgehead atoms. The molecule has 0 aliphatic carbocycles. The number of carbonyl (C=O) groups excluding carboxylic acids is 3. The van der Waals surface area contributed by atoms with Crippen LogP contribution in [0.25, 0.3) is 11.0 Å². The van der Waals surface area contributed by atoms with Gasteiger partial charge in [0.05, 0.1) is 10.9 Å². The maximum absolute atomic E-state index is 13.3. The Labute approximate surface area is 243 Å². The molecule has 218 valence electrons. The summed E-state index contributed by atoms with van der Waals surface area (Å²) in [4.78, 5) is 45.9. The van der Waals surface area contributed by atoms with Crippen LogP contribution >= 0.6 is 0 Å². The SMILES string of the molecule is CC(=O)Nc1cccc(Nc2ncnc3c2ccn3C(=O)Nc2cc(NC(=O)c3cccc(C(F)(F)F)c3)ccc2C)c1. The second-order valence-electron chi connectivity index (χ2n) is 9.52. The summed E-state index contributed by atoms with van der Waals surface area (Å²) in [7, 11) is 0. The molecule has 0 unspecified atom stereocenters. The fourth-order valence-corrected chi connectivity index (χ4v) is 4.28. The fourth-order valence-electron chi connectivity index (χ4n) is 4.28. The van der Waals surface area contributed by atoms with Crippen LogP contribution in [0.4, 0.5) is 46.5 Å². The number of hydrogen-bond acceptors (Lipinski definition) is 6. The molecule has 3 aromatic carbocycles. The van der Waals surface area contributed by atoms with Gasteiger partial charge in [-0.3, -0.25) is 14.2 Å². The summed E-state index contributed by atoms with van der Waals surface area (Å²) in [5.41, 5.74) is 1.80. The van der Waals surface area contributed by atoms with E-state index in [1.54, 1.807) is 49.4 Å². The van der Waals surface area contributed by atoms with E-state index >= 15 is 0 Å². The van der Waals surface area contributed by atoms with Crippen LogP contribution in [-0.4, -0.2) is 32.4 Å². The van der Waals surface area contributed by atoms with Crippen molar-refractivity contribution in [2.45, 2.75) is 20.0 Å². The van der Waals surface area contributed by atoms with E-state index in [9.17, 15) is 27.6 Å². The monoisotopic (exact) mass is 587 g/mol. The number of aryl methyl sites for hydroxylation is 1. The smallest absolute Gasteiger partial charge is 0.340 e. The Balaban J connectivity index is 1.34. The highest BCUT2D eigenvalue weighted by atomic mass is 19.4. The Morgan fingerprint density at radius 3 is 2.33 bits per heavy atom. The van der Waals surface area contributed by atoms with Crippen molar-refractivity contribution < 1.29 is 27.6 Å². The number of fused-ring (bicyclic) bond motifs is 1.